The van der Waals surface area contributed by atoms with Gasteiger partial charge in [0.15, 0.2) is 0 Å². The fraction of sp³-hybridized carbons (Fsp3) is 0.917. The van der Waals surface area contributed by atoms with E-state index >= 15 is 0 Å². The zero-order chi connectivity index (χ0) is 12.4. The Kier molecular flexibility index (Phi) is 9.24. The minimum absolute atomic E-state index is 0.227. The molecule has 0 aromatic heterocycles. The van der Waals surface area contributed by atoms with Gasteiger partial charge in [0.25, 0.3) is 0 Å². The molecule has 16 heavy (non-hydrogen) atoms. The van der Waals surface area contributed by atoms with Crippen molar-refractivity contribution in [1.82, 2.24) is 4.90 Å². The van der Waals surface area contributed by atoms with Gasteiger partial charge in [-0.3, -0.25) is 4.79 Å². The van der Waals surface area contributed by atoms with Crippen molar-refractivity contribution in [3.05, 3.63) is 0 Å². The monoisotopic (exact) mass is 231 g/mol. The van der Waals surface area contributed by atoms with E-state index in [2.05, 4.69) is 11.8 Å². The van der Waals surface area contributed by atoms with Gasteiger partial charge in [-0.25, -0.2) is 0 Å². The van der Waals surface area contributed by atoms with E-state index in [1.165, 1.54) is 0 Å². The largest absolute Gasteiger partial charge is 0.481 e. The van der Waals surface area contributed by atoms with Crippen LogP contribution in [0.3, 0.4) is 0 Å². The van der Waals surface area contributed by atoms with Crippen molar-refractivity contribution in [3.63, 3.8) is 0 Å². The first-order valence-corrected chi connectivity index (χ1v) is 6.12. The maximum Gasteiger partial charge on any atom is 0.304 e. The van der Waals surface area contributed by atoms with Gasteiger partial charge in [0, 0.05) is 19.7 Å². The second-order valence-electron chi connectivity index (χ2n) is 4.26. The Bertz CT molecular complexity index is 183. The van der Waals surface area contributed by atoms with Crippen LogP contribution in [-0.4, -0.2) is 48.3 Å². The smallest absolute Gasteiger partial charge is 0.304 e. The molecule has 0 aromatic rings. The Labute approximate surface area is 98.6 Å². The van der Waals surface area contributed by atoms with Crippen LogP contribution >= 0.6 is 0 Å². The Balaban J connectivity index is 3.63. The lowest BCUT2D eigenvalue weighted by Crippen LogP contribution is -2.29. The topological polar surface area (TPSA) is 49.8 Å². The number of ether oxygens (including phenoxy) is 1. The van der Waals surface area contributed by atoms with Crippen LogP contribution in [0.25, 0.3) is 0 Å². The SMILES string of the molecule is CCCN(CCCOC(C)C)CCC(=O)O. The van der Waals surface area contributed by atoms with Crippen molar-refractivity contribution in [1.29, 1.82) is 0 Å². The molecular weight excluding hydrogens is 206 g/mol. The molecule has 0 aromatic carbocycles. The summed E-state index contributed by atoms with van der Waals surface area (Å²) < 4.78 is 5.45. The third-order valence-corrected chi connectivity index (χ3v) is 2.25. The second kappa shape index (κ2) is 9.60. The summed E-state index contributed by atoms with van der Waals surface area (Å²) in [5.74, 6) is -0.723. The quantitative estimate of drug-likeness (QED) is 0.584. The van der Waals surface area contributed by atoms with Gasteiger partial charge >= 0.3 is 5.97 Å². The zero-order valence-corrected chi connectivity index (χ0v) is 10.7. The molecule has 0 aliphatic carbocycles. The maximum absolute atomic E-state index is 10.5. The number of hydrogen-bond donors (Lipinski definition) is 1. The first-order chi connectivity index (χ1) is 7.56. The average Bonchev–Trinajstić information content (AvgIpc) is 2.20. The van der Waals surface area contributed by atoms with E-state index in [1.54, 1.807) is 0 Å². The van der Waals surface area contributed by atoms with Crippen molar-refractivity contribution < 1.29 is 14.6 Å². The molecular formula is C12H25NO3. The summed E-state index contributed by atoms with van der Waals surface area (Å²) in [5, 5.41) is 8.62. The summed E-state index contributed by atoms with van der Waals surface area (Å²) in [6.45, 7) is 9.44. The Hall–Kier alpha value is -0.610. The highest BCUT2D eigenvalue weighted by Crippen LogP contribution is 1.98. The summed E-state index contributed by atoms with van der Waals surface area (Å²) in [6, 6.07) is 0. The van der Waals surface area contributed by atoms with Crippen molar-refractivity contribution in [2.75, 3.05) is 26.2 Å². The summed E-state index contributed by atoms with van der Waals surface area (Å²) in [5.41, 5.74) is 0. The van der Waals surface area contributed by atoms with Crippen LogP contribution in [0.5, 0.6) is 0 Å². The molecule has 0 amide bonds. The van der Waals surface area contributed by atoms with Crippen LogP contribution in [0.4, 0.5) is 0 Å². The van der Waals surface area contributed by atoms with Gasteiger partial charge in [0.05, 0.1) is 12.5 Å². The van der Waals surface area contributed by atoms with Crippen molar-refractivity contribution >= 4 is 5.97 Å². The Morgan fingerprint density at radius 1 is 1.31 bits per heavy atom. The average molecular weight is 231 g/mol. The van der Waals surface area contributed by atoms with Gasteiger partial charge < -0.3 is 14.7 Å². The fourth-order valence-electron chi connectivity index (χ4n) is 1.51. The Morgan fingerprint density at radius 2 is 2.00 bits per heavy atom. The number of carbonyl (C=O) groups is 1. The van der Waals surface area contributed by atoms with Crippen LogP contribution in [-0.2, 0) is 9.53 Å². The summed E-state index contributed by atoms with van der Waals surface area (Å²) in [6.07, 6.45) is 2.53. The molecule has 0 aliphatic rings. The molecule has 0 aliphatic heterocycles. The molecule has 0 unspecified atom stereocenters. The van der Waals surface area contributed by atoms with E-state index in [1.807, 2.05) is 13.8 Å². The summed E-state index contributed by atoms with van der Waals surface area (Å²) in [4.78, 5) is 12.7. The van der Waals surface area contributed by atoms with Crippen molar-refractivity contribution in [3.8, 4) is 0 Å². The minimum atomic E-state index is -0.723. The molecule has 1 N–H and O–H groups in total. The van der Waals surface area contributed by atoms with E-state index in [0.29, 0.717) is 6.54 Å². The fourth-order valence-corrected chi connectivity index (χ4v) is 1.51. The number of nitrogens with zero attached hydrogens (tertiary/aromatic N) is 1. The first-order valence-electron chi connectivity index (χ1n) is 6.12. The standard InChI is InChI=1S/C12H25NO3/c1-4-7-13(9-6-12(14)15)8-5-10-16-11(2)3/h11H,4-10H2,1-3H3,(H,14,15). The highest BCUT2D eigenvalue weighted by Gasteiger charge is 2.06. The predicted molar refractivity (Wildman–Crippen MR) is 64.7 cm³/mol. The molecule has 0 spiro atoms. The van der Waals surface area contributed by atoms with E-state index in [-0.39, 0.29) is 12.5 Å². The Morgan fingerprint density at radius 3 is 2.50 bits per heavy atom. The van der Waals surface area contributed by atoms with Gasteiger partial charge in [0.2, 0.25) is 0 Å². The number of rotatable bonds is 10. The first kappa shape index (κ1) is 15.4. The molecule has 96 valence electrons. The van der Waals surface area contributed by atoms with Crippen molar-refractivity contribution in [2.45, 2.75) is 46.1 Å². The van der Waals surface area contributed by atoms with Gasteiger partial charge in [-0.05, 0) is 33.2 Å². The maximum atomic E-state index is 10.5. The molecule has 0 saturated heterocycles. The molecule has 0 bridgehead atoms. The molecule has 4 nitrogen and oxygen atoms in total. The zero-order valence-electron chi connectivity index (χ0n) is 10.7. The molecule has 4 heteroatoms. The molecule has 0 radical (unpaired) electrons. The number of aliphatic carboxylic acids is 1. The van der Waals surface area contributed by atoms with Crippen LogP contribution in [0, 0.1) is 0 Å². The molecule has 0 atom stereocenters. The van der Waals surface area contributed by atoms with Crippen LogP contribution in [0.15, 0.2) is 0 Å². The molecule has 0 heterocycles. The van der Waals surface area contributed by atoms with Gasteiger partial charge in [0.1, 0.15) is 0 Å². The van der Waals surface area contributed by atoms with Crippen LogP contribution < -0.4 is 0 Å². The number of carboxylic acids is 1. The van der Waals surface area contributed by atoms with E-state index in [0.717, 1.165) is 32.5 Å². The number of hydrogen-bond acceptors (Lipinski definition) is 3. The van der Waals surface area contributed by atoms with Gasteiger partial charge in [-0.2, -0.15) is 0 Å². The lowest BCUT2D eigenvalue weighted by atomic mass is 10.3. The highest BCUT2D eigenvalue weighted by atomic mass is 16.5. The lowest BCUT2D eigenvalue weighted by molar-refractivity contribution is -0.137. The van der Waals surface area contributed by atoms with E-state index in [9.17, 15) is 4.79 Å². The van der Waals surface area contributed by atoms with Gasteiger partial charge in [-0.1, -0.05) is 6.92 Å². The van der Waals surface area contributed by atoms with Crippen LogP contribution in [0.2, 0.25) is 0 Å². The normalized spacial score (nSPS) is 11.3. The summed E-state index contributed by atoms with van der Waals surface area (Å²) in [7, 11) is 0. The van der Waals surface area contributed by atoms with Gasteiger partial charge in [-0.15, -0.1) is 0 Å². The molecule has 0 saturated carbocycles. The third-order valence-electron chi connectivity index (χ3n) is 2.25. The third kappa shape index (κ3) is 9.93. The van der Waals surface area contributed by atoms with Crippen molar-refractivity contribution in [2.24, 2.45) is 0 Å². The predicted octanol–water partition coefficient (Wildman–Crippen LogP) is 1.99. The highest BCUT2D eigenvalue weighted by molar-refractivity contribution is 5.66. The molecule has 0 fully saturated rings. The second-order valence-corrected chi connectivity index (χ2v) is 4.26. The number of carboxylic acid groups (broad SMARTS) is 1. The van der Waals surface area contributed by atoms with E-state index in [4.69, 9.17) is 9.84 Å². The molecule has 0 rings (SSSR count). The minimum Gasteiger partial charge on any atom is -0.481 e. The van der Waals surface area contributed by atoms with E-state index < -0.39 is 5.97 Å². The lowest BCUT2D eigenvalue weighted by Gasteiger charge is -2.20. The van der Waals surface area contributed by atoms with Crippen LogP contribution in [0.1, 0.15) is 40.0 Å². The summed E-state index contributed by atoms with van der Waals surface area (Å²) >= 11 is 0.